The summed E-state index contributed by atoms with van der Waals surface area (Å²) in [5.74, 6) is -1.89. The molecule has 3 rings (SSSR count). The second-order valence-corrected chi connectivity index (χ2v) is 5.97. The third-order valence-corrected chi connectivity index (χ3v) is 4.31. The van der Waals surface area contributed by atoms with Gasteiger partial charge in [0.1, 0.15) is 5.82 Å². The van der Waals surface area contributed by atoms with Gasteiger partial charge in [-0.3, -0.25) is 14.8 Å². The highest BCUT2D eigenvalue weighted by Crippen LogP contribution is 2.37. The number of halogens is 1. The fourth-order valence-electron chi connectivity index (χ4n) is 2.89. The average molecular weight is 352 g/mol. The van der Waals surface area contributed by atoms with Gasteiger partial charge in [-0.05, 0) is 41.8 Å². The summed E-state index contributed by atoms with van der Waals surface area (Å²) in [7, 11) is 0. The highest BCUT2D eigenvalue weighted by molar-refractivity contribution is 6.13. The Kier molecular flexibility index (Phi) is 4.95. The molecule has 1 aliphatic carbocycles. The smallest absolute Gasteiger partial charge is 0.263 e. The summed E-state index contributed by atoms with van der Waals surface area (Å²) >= 11 is 0. The Balaban J connectivity index is 1.91. The van der Waals surface area contributed by atoms with Gasteiger partial charge in [0.2, 0.25) is 5.91 Å². The van der Waals surface area contributed by atoms with Crippen LogP contribution in [0.2, 0.25) is 0 Å². The highest BCUT2D eigenvalue weighted by atomic mass is 19.1. The number of amides is 2. The van der Waals surface area contributed by atoms with Crippen LogP contribution in [0.25, 0.3) is 5.57 Å². The van der Waals surface area contributed by atoms with Crippen LogP contribution >= 0.6 is 0 Å². The molecule has 26 heavy (non-hydrogen) atoms. The Hall–Kier alpha value is -3.25. The second kappa shape index (κ2) is 7.33. The van der Waals surface area contributed by atoms with Crippen LogP contribution in [0.4, 0.5) is 10.1 Å². The van der Waals surface area contributed by atoms with Crippen LogP contribution < -0.4 is 10.8 Å². The van der Waals surface area contributed by atoms with Crippen molar-refractivity contribution in [3.05, 3.63) is 84.2 Å². The average Bonchev–Trinajstić information content (AvgIpc) is 2.69. The molecule has 5 nitrogen and oxygen atoms in total. The molecule has 1 atom stereocenters. The van der Waals surface area contributed by atoms with Gasteiger partial charge in [0.05, 0.1) is 0 Å². The van der Waals surface area contributed by atoms with E-state index in [0.29, 0.717) is 5.69 Å². The fourth-order valence-corrected chi connectivity index (χ4v) is 2.89. The van der Waals surface area contributed by atoms with Crippen LogP contribution in [0.3, 0.4) is 0 Å². The summed E-state index contributed by atoms with van der Waals surface area (Å²) in [5.41, 5.74) is 1.98. The summed E-state index contributed by atoms with van der Waals surface area (Å²) in [6.45, 7) is 0. The number of benzene rings is 2. The Morgan fingerprint density at radius 2 is 1.69 bits per heavy atom. The Labute approximate surface area is 149 Å². The molecule has 2 aromatic carbocycles. The molecule has 2 amide bonds. The molecule has 0 heterocycles. The van der Waals surface area contributed by atoms with Crippen LogP contribution in [-0.2, 0) is 9.59 Å². The van der Waals surface area contributed by atoms with Crippen LogP contribution in [0.5, 0.6) is 0 Å². The lowest BCUT2D eigenvalue weighted by Crippen LogP contribution is -2.47. The first-order valence-electron chi connectivity index (χ1n) is 8.00. The second-order valence-electron chi connectivity index (χ2n) is 5.97. The highest BCUT2D eigenvalue weighted by Gasteiger charge is 2.45. The molecule has 0 radical (unpaired) electrons. The van der Waals surface area contributed by atoms with E-state index in [9.17, 15) is 19.2 Å². The summed E-state index contributed by atoms with van der Waals surface area (Å²) in [6.07, 6.45) is 4.96. The van der Waals surface area contributed by atoms with Gasteiger partial charge in [-0.2, -0.15) is 0 Å². The van der Waals surface area contributed by atoms with Crippen molar-refractivity contribution in [2.24, 2.45) is 5.41 Å². The van der Waals surface area contributed by atoms with E-state index in [4.69, 9.17) is 0 Å². The van der Waals surface area contributed by atoms with E-state index in [1.54, 1.807) is 11.6 Å². The minimum Gasteiger partial charge on any atom is -0.325 e. The maximum atomic E-state index is 13.0. The number of hydroxylamine groups is 1. The Morgan fingerprint density at radius 1 is 1.00 bits per heavy atom. The Morgan fingerprint density at radius 3 is 2.35 bits per heavy atom. The maximum absolute atomic E-state index is 13.0. The number of carbonyl (C=O) groups excluding carboxylic acids is 2. The number of allylic oxidation sites excluding steroid dienone is 3. The SMILES string of the molecule is O=C(NO)C1(C(=O)Nc2ccc(F)cc2)C=CC=C(c2ccccc2)C1. The van der Waals surface area contributed by atoms with Crippen molar-refractivity contribution < 1.29 is 19.2 Å². The van der Waals surface area contributed by atoms with Crippen molar-refractivity contribution in [2.75, 3.05) is 5.32 Å². The molecule has 1 aliphatic rings. The molecular formula is C20H17FN2O3. The van der Waals surface area contributed by atoms with Crippen LogP contribution in [0.1, 0.15) is 12.0 Å². The van der Waals surface area contributed by atoms with Crippen LogP contribution in [0.15, 0.2) is 72.8 Å². The lowest BCUT2D eigenvalue weighted by molar-refractivity contribution is -0.143. The van der Waals surface area contributed by atoms with Gasteiger partial charge < -0.3 is 5.32 Å². The fraction of sp³-hybridized carbons (Fsp3) is 0.100. The quantitative estimate of drug-likeness (QED) is 0.449. The molecule has 2 aromatic rings. The minimum absolute atomic E-state index is 0.0763. The lowest BCUT2D eigenvalue weighted by Gasteiger charge is -2.30. The minimum atomic E-state index is -1.62. The summed E-state index contributed by atoms with van der Waals surface area (Å²) in [6, 6.07) is 14.6. The largest absolute Gasteiger partial charge is 0.325 e. The molecule has 0 fully saturated rings. The van der Waals surface area contributed by atoms with E-state index in [1.165, 1.54) is 30.3 Å². The standard InChI is InChI=1S/C20H17FN2O3/c21-16-8-10-17(11-9-16)22-18(24)20(19(25)23-26)12-4-7-15(13-20)14-5-2-1-3-6-14/h1-12,26H,13H2,(H,22,24)(H,23,25). The third-order valence-electron chi connectivity index (χ3n) is 4.31. The number of hydrogen-bond acceptors (Lipinski definition) is 3. The molecule has 0 saturated carbocycles. The number of hydrogen-bond donors (Lipinski definition) is 3. The molecule has 1 unspecified atom stereocenters. The number of nitrogens with one attached hydrogen (secondary N) is 2. The van der Waals surface area contributed by atoms with E-state index < -0.39 is 23.0 Å². The normalized spacial score (nSPS) is 18.8. The first kappa shape index (κ1) is 17.6. The van der Waals surface area contributed by atoms with Crippen molar-refractivity contribution in [3.8, 4) is 0 Å². The van der Waals surface area contributed by atoms with Crippen molar-refractivity contribution in [3.63, 3.8) is 0 Å². The zero-order valence-electron chi connectivity index (χ0n) is 13.8. The number of rotatable bonds is 4. The van der Waals surface area contributed by atoms with Gasteiger partial charge in [-0.25, -0.2) is 9.87 Å². The first-order chi connectivity index (χ1) is 12.5. The predicted octanol–water partition coefficient (Wildman–Crippen LogP) is 3.30. The van der Waals surface area contributed by atoms with Crippen LogP contribution in [-0.4, -0.2) is 17.0 Å². The Bertz CT molecular complexity index is 876. The zero-order valence-corrected chi connectivity index (χ0v) is 13.8. The molecule has 132 valence electrons. The monoisotopic (exact) mass is 352 g/mol. The molecular weight excluding hydrogens is 335 g/mol. The zero-order chi connectivity index (χ0) is 18.6. The van der Waals surface area contributed by atoms with Crippen molar-refractivity contribution in [2.45, 2.75) is 6.42 Å². The van der Waals surface area contributed by atoms with Gasteiger partial charge in [0.15, 0.2) is 5.41 Å². The van der Waals surface area contributed by atoms with E-state index in [2.05, 4.69) is 5.32 Å². The molecule has 0 spiro atoms. The van der Waals surface area contributed by atoms with Gasteiger partial charge in [0.25, 0.3) is 5.91 Å². The molecule has 0 aliphatic heterocycles. The van der Waals surface area contributed by atoms with Crippen LogP contribution in [0, 0.1) is 11.2 Å². The molecule has 6 heteroatoms. The molecule has 0 bridgehead atoms. The topological polar surface area (TPSA) is 78.4 Å². The third kappa shape index (κ3) is 3.41. The van der Waals surface area contributed by atoms with E-state index >= 15 is 0 Å². The van der Waals surface area contributed by atoms with Gasteiger partial charge in [0, 0.05) is 5.69 Å². The van der Waals surface area contributed by atoms with Gasteiger partial charge >= 0.3 is 0 Å². The summed E-state index contributed by atoms with van der Waals surface area (Å²) < 4.78 is 13.0. The van der Waals surface area contributed by atoms with E-state index in [1.807, 2.05) is 36.4 Å². The number of carbonyl (C=O) groups is 2. The first-order valence-corrected chi connectivity index (χ1v) is 8.00. The van der Waals surface area contributed by atoms with Crippen molar-refractivity contribution >= 4 is 23.1 Å². The maximum Gasteiger partial charge on any atom is 0.263 e. The van der Waals surface area contributed by atoms with E-state index in [0.717, 1.165) is 11.1 Å². The number of anilines is 1. The van der Waals surface area contributed by atoms with Gasteiger partial charge in [-0.1, -0.05) is 48.6 Å². The predicted molar refractivity (Wildman–Crippen MR) is 95.6 cm³/mol. The lowest BCUT2D eigenvalue weighted by atomic mass is 9.75. The van der Waals surface area contributed by atoms with Crippen molar-refractivity contribution in [1.82, 2.24) is 5.48 Å². The molecule has 0 aromatic heterocycles. The van der Waals surface area contributed by atoms with Gasteiger partial charge in [-0.15, -0.1) is 0 Å². The van der Waals surface area contributed by atoms with Crippen molar-refractivity contribution in [1.29, 1.82) is 0 Å². The molecule has 3 N–H and O–H groups in total. The summed E-state index contributed by atoms with van der Waals surface area (Å²) in [4.78, 5) is 25.3. The molecule has 0 saturated heterocycles. The summed E-state index contributed by atoms with van der Waals surface area (Å²) in [5, 5.41) is 11.8. The van der Waals surface area contributed by atoms with E-state index in [-0.39, 0.29) is 6.42 Å².